The molecular weight excluding hydrogens is 576 g/mol. The van der Waals surface area contributed by atoms with Crippen molar-refractivity contribution in [2.24, 2.45) is 0 Å². The SMILES string of the molecule is CCOC(=O)c1cc(Br)cc(OCCOCCOCCOc2cc(Br)cc(C(=O)OCC)c2)c1. The fourth-order valence-corrected chi connectivity index (χ4v) is 3.66. The molecule has 0 aliphatic carbocycles. The summed E-state index contributed by atoms with van der Waals surface area (Å²) in [6.07, 6.45) is 0. The lowest BCUT2D eigenvalue weighted by Crippen LogP contribution is -2.14. The van der Waals surface area contributed by atoms with E-state index in [2.05, 4.69) is 31.9 Å². The number of rotatable bonds is 15. The Morgan fingerprint density at radius 3 is 1.38 bits per heavy atom. The molecule has 34 heavy (non-hydrogen) atoms. The first-order valence-corrected chi connectivity index (χ1v) is 12.4. The van der Waals surface area contributed by atoms with E-state index in [4.69, 9.17) is 28.4 Å². The zero-order valence-corrected chi connectivity index (χ0v) is 22.3. The van der Waals surface area contributed by atoms with Gasteiger partial charge in [-0.25, -0.2) is 9.59 Å². The van der Waals surface area contributed by atoms with E-state index >= 15 is 0 Å². The highest BCUT2D eigenvalue weighted by Gasteiger charge is 2.11. The molecular formula is C24H28Br2O8. The van der Waals surface area contributed by atoms with Crippen LogP contribution in [0.25, 0.3) is 0 Å². The largest absolute Gasteiger partial charge is 0.491 e. The number of esters is 2. The summed E-state index contributed by atoms with van der Waals surface area (Å²) in [6, 6.07) is 10.2. The van der Waals surface area contributed by atoms with Crippen LogP contribution in [0.5, 0.6) is 11.5 Å². The molecule has 0 heterocycles. The molecule has 0 unspecified atom stereocenters. The van der Waals surface area contributed by atoms with Gasteiger partial charge in [-0.1, -0.05) is 31.9 Å². The van der Waals surface area contributed by atoms with Crippen molar-refractivity contribution in [3.8, 4) is 11.5 Å². The molecule has 0 atom stereocenters. The van der Waals surface area contributed by atoms with Gasteiger partial charge in [0.25, 0.3) is 0 Å². The maximum absolute atomic E-state index is 11.9. The van der Waals surface area contributed by atoms with Gasteiger partial charge in [-0.3, -0.25) is 0 Å². The molecule has 2 aromatic rings. The zero-order chi connectivity index (χ0) is 24.8. The summed E-state index contributed by atoms with van der Waals surface area (Å²) < 4.78 is 33.7. The smallest absolute Gasteiger partial charge is 0.338 e. The molecule has 186 valence electrons. The number of carbonyl (C=O) groups excluding carboxylic acids is 2. The van der Waals surface area contributed by atoms with E-state index in [-0.39, 0.29) is 0 Å². The van der Waals surface area contributed by atoms with Crippen LogP contribution in [0.4, 0.5) is 0 Å². The average molecular weight is 604 g/mol. The normalized spacial score (nSPS) is 10.6. The number of hydrogen-bond donors (Lipinski definition) is 0. The lowest BCUT2D eigenvalue weighted by atomic mass is 10.2. The van der Waals surface area contributed by atoms with Gasteiger partial charge in [0.05, 0.1) is 50.8 Å². The van der Waals surface area contributed by atoms with Gasteiger partial charge in [0, 0.05) is 8.95 Å². The highest BCUT2D eigenvalue weighted by atomic mass is 79.9. The summed E-state index contributed by atoms with van der Waals surface area (Å²) in [6.45, 7) is 6.33. The molecule has 0 radical (unpaired) electrons. The highest BCUT2D eigenvalue weighted by molar-refractivity contribution is 9.10. The molecule has 10 heteroatoms. The molecule has 0 amide bonds. The molecule has 0 aromatic heterocycles. The minimum Gasteiger partial charge on any atom is -0.491 e. The van der Waals surface area contributed by atoms with Crippen LogP contribution >= 0.6 is 31.9 Å². The number of benzene rings is 2. The van der Waals surface area contributed by atoms with Crippen molar-refractivity contribution in [1.82, 2.24) is 0 Å². The Morgan fingerprint density at radius 1 is 0.618 bits per heavy atom. The molecule has 0 saturated heterocycles. The third kappa shape index (κ3) is 10.4. The Kier molecular flexibility index (Phi) is 13.0. The molecule has 0 aliphatic rings. The van der Waals surface area contributed by atoms with Crippen molar-refractivity contribution in [3.63, 3.8) is 0 Å². The van der Waals surface area contributed by atoms with Crippen molar-refractivity contribution in [2.45, 2.75) is 13.8 Å². The van der Waals surface area contributed by atoms with Gasteiger partial charge < -0.3 is 28.4 Å². The molecule has 0 N–H and O–H groups in total. The average Bonchev–Trinajstić information content (AvgIpc) is 2.80. The van der Waals surface area contributed by atoms with Gasteiger partial charge in [0.15, 0.2) is 0 Å². The number of hydrogen-bond acceptors (Lipinski definition) is 8. The third-order valence-corrected chi connectivity index (χ3v) is 5.05. The van der Waals surface area contributed by atoms with Gasteiger partial charge in [0.2, 0.25) is 0 Å². The van der Waals surface area contributed by atoms with Gasteiger partial charge in [-0.2, -0.15) is 0 Å². The second kappa shape index (κ2) is 15.7. The first-order chi connectivity index (χ1) is 16.4. The third-order valence-electron chi connectivity index (χ3n) is 4.13. The monoisotopic (exact) mass is 602 g/mol. The summed E-state index contributed by atoms with van der Waals surface area (Å²) in [4.78, 5) is 23.7. The van der Waals surface area contributed by atoms with E-state index < -0.39 is 11.9 Å². The lowest BCUT2D eigenvalue weighted by molar-refractivity contribution is 0.0273. The van der Waals surface area contributed by atoms with Crippen molar-refractivity contribution in [2.75, 3.05) is 52.9 Å². The molecule has 2 rings (SSSR count). The summed E-state index contributed by atoms with van der Waals surface area (Å²) in [5.41, 5.74) is 0.838. The fourth-order valence-electron chi connectivity index (χ4n) is 2.72. The summed E-state index contributed by atoms with van der Waals surface area (Å²) in [7, 11) is 0. The Labute approximate surface area is 216 Å². The van der Waals surface area contributed by atoms with E-state index in [1.165, 1.54) is 0 Å². The Morgan fingerprint density at radius 2 is 1.00 bits per heavy atom. The van der Waals surface area contributed by atoms with Crippen LogP contribution in [0.1, 0.15) is 34.6 Å². The maximum Gasteiger partial charge on any atom is 0.338 e. The molecule has 0 aliphatic heterocycles. The van der Waals surface area contributed by atoms with Gasteiger partial charge >= 0.3 is 11.9 Å². The van der Waals surface area contributed by atoms with E-state index in [0.717, 1.165) is 8.95 Å². The first-order valence-electron chi connectivity index (χ1n) is 10.8. The van der Waals surface area contributed by atoms with Crippen LogP contribution in [-0.4, -0.2) is 64.8 Å². The summed E-state index contributed by atoms with van der Waals surface area (Å²) in [5.74, 6) is 0.303. The van der Waals surface area contributed by atoms with E-state index in [9.17, 15) is 9.59 Å². The molecule has 0 bridgehead atoms. The molecule has 0 saturated carbocycles. The summed E-state index contributed by atoms with van der Waals surface area (Å²) in [5, 5.41) is 0. The van der Waals surface area contributed by atoms with Crippen molar-refractivity contribution in [1.29, 1.82) is 0 Å². The second-order valence-electron chi connectivity index (χ2n) is 6.71. The fraction of sp³-hybridized carbons (Fsp3) is 0.417. The van der Waals surface area contributed by atoms with Crippen molar-refractivity contribution >= 4 is 43.8 Å². The van der Waals surface area contributed by atoms with Crippen LogP contribution in [0.15, 0.2) is 45.3 Å². The topological polar surface area (TPSA) is 89.5 Å². The predicted octanol–water partition coefficient (Wildman–Crippen LogP) is 5.06. The Hall–Kier alpha value is -2.14. The molecule has 0 spiro atoms. The van der Waals surface area contributed by atoms with Crippen LogP contribution in [0, 0.1) is 0 Å². The first kappa shape index (κ1) is 28.1. The molecule has 2 aromatic carbocycles. The van der Waals surface area contributed by atoms with Crippen LogP contribution in [0.2, 0.25) is 0 Å². The Bertz CT molecular complexity index is 860. The van der Waals surface area contributed by atoms with E-state index in [0.29, 0.717) is 75.5 Å². The van der Waals surface area contributed by atoms with Crippen LogP contribution in [-0.2, 0) is 18.9 Å². The van der Waals surface area contributed by atoms with Gasteiger partial charge in [-0.15, -0.1) is 0 Å². The highest BCUT2D eigenvalue weighted by Crippen LogP contribution is 2.23. The molecule has 8 nitrogen and oxygen atoms in total. The van der Waals surface area contributed by atoms with Gasteiger partial charge in [-0.05, 0) is 50.2 Å². The minimum atomic E-state index is -0.398. The summed E-state index contributed by atoms with van der Waals surface area (Å²) >= 11 is 6.72. The van der Waals surface area contributed by atoms with Crippen LogP contribution in [0.3, 0.4) is 0 Å². The van der Waals surface area contributed by atoms with E-state index in [1.54, 1.807) is 50.2 Å². The van der Waals surface area contributed by atoms with Gasteiger partial charge in [0.1, 0.15) is 24.7 Å². The molecule has 0 fully saturated rings. The van der Waals surface area contributed by atoms with Crippen molar-refractivity contribution < 1.29 is 38.0 Å². The quantitative estimate of drug-likeness (QED) is 0.206. The standard InChI is InChI=1S/C24H28Br2O8/c1-3-31-23(27)17-11-19(25)15-21(13-17)33-9-7-29-5-6-30-8-10-34-22-14-18(12-20(26)16-22)24(28)32-4-2/h11-16H,3-10H2,1-2H3. The zero-order valence-electron chi connectivity index (χ0n) is 19.1. The lowest BCUT2D eigenvalue weighted by Gasteiger charge is -2.11. The minimum absolute atomic E-state index is 0.310. The van der Waals surface area contributed by atoms with Crippen LogP contribution < -0.4 is 9.47 Å². The number of ether oxygens (including phenoxy) is 6. The Balaban J connectivity index is 1.58. The number of halogens is 2. The van der Waals surface area contributed by atoms with Crippen molar-refractivity contribution in [3.05, 3.63) is 56.5 Å². The van der Waals surface area contributed by atoms with E-state index in [1.807, 2.05) is 0 Å². The predicted molar refractivity (Wildman–Crippen MR) is 133 cm³/mol. The number of carbonyl (C=O) groups is 2. The maximum atomic E-state index is 11.9. The second-order valence-corrected chi connectivity index (χ2v) is 8.55.